The average molecular weight is 251 g/mol. The van der Waals surface area contributed by atoms with Gasteiger partial charge in [-0.25, -0.2) is 4.68 Å². The minimum absolute atomic E-state index is 0.0296. The number of benzene rings is 1. The first-order valence-electron chi connectivity index (χ1n) is 6.05. The number of hydrogen-bond donors (Lipinski definition) is 1. The fourth-order valence-electron chi connectivity index (χ4n) is 2.08. The highest BCUT2D eigenvalue weighted by molar-refractivity contribution is 5.62. The van der Waals surface area contributed by atoms with E-state index in [1.54, 1.807) is 17.1 Å². The van der Waals surface area contributed by atoms with Crippen molar-refractivity contribution >= 4 is 0 Å². The Balaban J connectivity index is 2.19. The van der Waals surface area contributed by atoms with Gasteiger partial charge in [0.05, 0.1) is 11.4 Å². The number of rotatable bonds is 2. The lowest BCUT2D eigenvalue weighted by Gasteiger charge is -2.01. The van der Waals surface area contributed by atoms with Gasteiger partial charge in [0, 0.05) is 23.5 Å². The van der Waals surface area contributed by atoms with E-state index in [1.807, 2.05) is 49.4 Å². The van der Waals surface area contributed by atoms with Gasteiger partial charge < -0.3 is 0 Å². The molecule has 3 aromatic rings. The molecule has 0 amide bonds. The summed E-state index contributed by atoms with van der Waals surface area (Å²) < 4.78 is 1.56. The molecule has 0 bridgehead atoms. The predicted octanol–water partition coefficient (Wildman–Crippen LogP) is 2.54. The quantitative estimate of drug-likeness (QED) is 0.761. The van der Waals surface area contributed by atoms with Gasteiger partial charge in [0.15, 0.2) is 0 Å². The van der Waals surface area contributed by atoms with Gasteiger partial charge in [-0.3, -0.25) is 14.9 Å². The summed E-state index contributed by atoms with van der Waals surface area (Å²) in [5.74, 6) is 0. The maximum atomic E-state index is 12.3. The molecule has 0 unspecified atom stereocenters. The third kappa shape index (κ3) is 1.97. The summed E-state index contributed by atoms with van der Waals surface area (Å²) >= 11 is 0. The number of nitrogens with one attached hydrogen (secondary N) is 1. The van der Waals surface area contributed by atoms with Gasteiger partial charge in [-0.1, -0.05) is 18.2 Å². The van der Waals surface area contributed by atoms with Crippen LogP contribution in [0.4, 0.5) is 0 Å². The molecule has 0 radical (unpaired) electrons. The molecule has 0 fully saturated rings. The summed E-state index contributed by atoms with van der Waals surface area (Å²) in [5.41, 5.74) is 3.29. The summed E-state index contributed by atoms with van der Waals surface area (Å²) in [6.45, 7) is 1.83. The molecule has 2 aromatic heterocycles. The van der Waals surface area contributed by atoms with Crippen LogP contribution in [0, 0.1) is 6.92 Å². The molecule has 0 aliphatic carbocycles. The summed E-state index contributed by atoms with van der Waals surface area (Å²) in [6, 6.07) is 13.3. The van der Waals surface area contributed by atoms with E-state index in [1.165, 1.54) is 0 Å². The Labute approximate surface area is 110 Å². The highest BCUT2D eigenvalue weighted by atomic mass is 16.1. The summed E-state index contributed by atoms with van der Waals surface area (Å²) in [5, 5.41) is 3.16. The molecule has 19 heavy (non-hydrogen) atoms. The second kappa shape index (κ2) is 4.57. The van der Waals surface area contributed by atoms with Crippen LogP contribution in [0.1, 0.15) is 5.56 Å². The minimum atomic E-state index is -0.0296. The molecule has 0 aliphatic rings. The van der Waals surface area contributed by atoms with Gasteiger partial charge in [0.1, 0.15) is 0 Å². The second-order valence-corrected chi connectivity index (χ2v) is 4.32. The first-order valence-corrected chi connectivity index (χ1v) is 6.05. The highest BCUT2D eigenvalue weighted by Crippen LogP contribution is 2.18. The Morgan fingerprint density at radius 1 is 1.05 bits per heavy atom. The summed E-state index contributed by atoms with van der Waals surface area (Å²) in [4.78, 5) is 16.3. The molecule has 94 valence electrons. The van der Waals surface area contributed by atoms with Crippen molar-refractivity contribution in [2.24, 2.45) is 0 Å². The Morgan fingerprint density at radius 3 is 2.42 bits per heavy atom. The monoisotopic (exact) mass is 251 g/mol. The first kappa shape index (κ1) is 11.5. The Kier molecular flexibility index (Phi) is 2.76. The van der Waals surface area contributed by atoms with E-state index in [-0.39, 0.29) is 5.56 Å². The maximum Gasteiger partial charge on any atom is 0.274 e. The highest BCUT2D eigenvalue weighted by Gasteiger charge is 2.12. The average Bonchev–Trinajstić information content (AvgIpc) is 2.77. The Bertz CT molecular complexity index is 742. The fourth-order valence-corrected chi connectivity index (χ4v) is 2.08. The van der Waals surface area contributed by atoms with Crippen LogP contribution in [0.15, 0.2) is 59.7 Å². The normalized spacial score (nSPS) is 10.6. The standard InChI is InChI=1S/C15H13N3O/c1-11-14(12-7-9-16-10-8-12)17-18(15(11)19)13-5-3-2-4-6-13/h2-10,17H,1H3. The number of aromatic nitrogens is 3. The topological polar surface area (TPSA) is 50.7 Å². The van der Waals surface area contributed by atoms with Gasteiger partial charge in [-0.2, -0.15) is 0 Å². The SMILES string of the molecule is Cc1c(-c2ccncc2)[nH]n(-c2ccccc2)c1=O. The third-order valence-corrected chi connectivity index (χ3v) is 3.11. The van der Waals surface area contributed by atoms with Crippen molar-refractivity contribution in [3.05, 3.63) is 70.8 Å². The van der Waals surface area contributed by atoms with Crippen LogP contribution in [0.2, 0.25) is 0 Å². The van der Waals surface area contributed by atoms with E-state index in [9.17, 15) is 4.79 Å². The molecular formula is C15H13N3O. The molecule has 0 saturated carbocycles. The number of para-hydroxylation sites is 1. The lowest BCUT2D eigenvalue weighted by Crippen LogP contribution is -2.15. The zero-order chi connectivity index (χ0) is 13.2. The van der Waals surface area contributed by atoms with Crippen LogP contribution in [-0.4, -0.2) is 14.8 Å². The van der Waals surface area contributed by atoms with E-state index in [0.29, 0.717) is 5.56 Å². The van der Waals surface area contributed by atoms with Gasteiger partial charge in [-0.05, 0) is 31.2 Å². The van der Waals surface area contributed by atoms with Crippen LogP contribution < -0.4 is 5.56 Å². The second-order valence-electron chi connectivity index (χ2n) is 4.32. The maximum absolute atomic E-state index is 12.3. The molecule has 0 spiro atoms. The number of aromatic amines is 1. The third-order valence-electron chi connectivity index (χ3n) is 3.11. The van der Waals surface area contributed by atoms with Crippen molar-refractivity contribution < 1.29 is 0 Å². The van der Waals surface area contributed by atoms with E-state index in [2.05, 4.69) is 10.1 Å². The molecule has 4 nitrogen and oxygen atoms in total. The minimum Gasteiger partial charge on any atom is -0.290 e. The predicted molar refractivity (Wildman–Crippen MR) is 74.4 cm³/mol. The van der Waals surface area contributed by atoms with Gasteiger partial charge in [0.2, 0.25) is 0 Å². The van der Waals surface area contributed by atoms with Crippen LogP contribution in [0.25, 0.3) is 16.9 Å². The van der Waals surface area contributed by atoms with Crippen LogP contribution >= 0.6 is 0 Å². The molecule has 1 N–H and O–H groups in total. The zero-order valence-corrected chi connectivity index (χ0v) is 10.5. The molecule has 0 saturated heterocycles. The van der Waals surface area contributed by atoms with Crippen molar-refractivity contribution in [3.63, 3.8) is 0 Å². The first-order chi connectivity index (χ1) is 9.27. The van der Waals surface area contributed by atoms with E-state index in [0.717, 1.165) is 16.9 Å². The fraction of sp³-hybridized carbons (Fsp3) is 0.0667. The molecule has 3 rings (SSSR count). The van der Waals surface area contributed by atoms with Crippen molar-refractivity contribution in [2.75, 3.05) is 0 Å². The number of hydrogen-bond acceptors (Lipinski definition) is 2. The van der Waals surface area contributed by atoms with Crippen molar-refractivity contribution in [3.8, 4) is 16.9 Å². The van der Waals surface area contributed by atoms with Crippen molar-refractivity contribution in [2.45, 2.75) is 6.92 Å². The van der Waals surface area contributed by atoms with Gasteiger partial charge in [0.25, 0.3) is 5.56 Å². The molecule has 1 aromatic carbocycles. The van der Waals surface area contributed by atoms with Gasteiger partial charge in [-0.15, -0.1) is 0 Å². The summed E-state index contributed by atoms with van der Waals surface area (Å²) in [7, 11) is 0. The Morgan fingerprint density at radius 2 is 1.74 bits per heavy atom. The van der Waals surface area contributed by atoms with Crippen LogP contribution in [0.5, 0.6) is 0 Å². The Hall–Kier alpha value is -2.62. The van der Waals surface area contributed by atoms with E-state index in [4.69, 9.17) is 0 Å². The molecule has 4 heteroatoms. The van der Waals surface area contributed by atoms with E-state index < -0.39 is 0 Å². The molecule has 2 heterocycles. The molecule has 0 atom stereocenters. The number of H-pyrrole nitrogens is 1. The number of pyridine rings is 1. The lowest BCUT2D eigenvalue weighted by molar-refractivity contribution is 0.851. The summed E-state index contributed by atoms with van der Waals surface area (Å²) in [6.07, 6.45) is 3.43. The van der Waals surface area contributed by atoms with Crippen LogP contribution in [-0.2, 0) is 0 Å². The lowest BCUT2D eigenvalue weighted by atomic mass is 10.1. The van der Waals surface area contributed by atoms with Crippen molar-refractivity contribution in [1.82, 2.24) is 14.8 Å². The smallest absolute Gasteiger partial charge is 0.274 e. The van der Waals surface area contributed by atoms with Crippen molar-refractivity contribution in [1.29, 1.82) is 0 Å². The molecule has 0 aliphatic heterocycles. The van der Waals surface area contributed by atoms with Gasteiger partial charge >= 0.3 is 0 Å². The number of nitrogens with zero attached hydrogens (tertiary/aromatic N) is 2. The largest absolute Gasteiger partial charge is 0.290 e. The van der Waals surface area contributed by atoms with E-state index >= 15 is 0 Å². The zero-order valence-electron chi connectivity index (χ0n) is 10.5. The van der Waals surface area contributed by atoms with Crippen LogP contribution in [0.3, 0.4) is 0 Å². The molecular weight excluding hydrogens is 238 g/mol.